The van der Waals surface area contributed by atoms with E-state index in [1.54, 1.807) is 0 Å². The Morgan fingerprint density at radius 1 is 1.26 bits per heavy atom. The Hall–Kier alpha value is -0.890. The zero-order chi connectivity index (χ0) is 15.8. The molecule has 3 aliphatic carbocycles. The Labute approximate surface area is 140 Å². The first-order valence-corrected chi connectivity index (χ1v) is 9.67. The minimum absolute atomic E-state index is 0.0109. The van der Waals surface area contributed by atoms with Gasteiger partial charge < -0.3 is 4.74 Å². The molecule has 6 unspecified atom stereocenters. The maximum atomic E-state index is 7.09. The van der Waals surface area contributed by atoms with Crippen molar-refractivity contribution in [3.8, 4) is 0 Å². The first kappa shape index (κ1) is 14.5. The lowest BCUT2D eigenvalue weighted by atomic mass is 9.52. The fourth-order valence-electron chi connectivity index (χ4n) is 7.40. The molecule has 1 aromatic heterocycles. The van der Waals surface area contributed by atoms with Gasteiger partial charge in [0.2, 0.25) is 0 Å². The van der Waals surface area contributed by atoms with Gasteiger partial charge in [-0.15, -0.1) is 0 Å². The Morgan fingerprint density at radius 2 is 2.13 bits per heavy atom. The fourth-order valence-corrected chi connectivity index (χ4v) is 7.40. The van der Waals surface area contributed by atoms with E-state index in [0.717, 1.165) is 29.4 Å². The number of fused-ring (bicyclic) bond motifs is 1. The topological polar surface area (TPSA) is 22.1 Å². The molecule has 23 heavy (non-hydrogen) atoms. The van der Waals surface area contributed by atoms with Crippen molar-refractivity contribution in [1.29, 1.82) is 0 Å². The minimum Gasteiger partial charge on any atom is -0.368 e. The summed E-state index contributed by atoms with van der Waals surface area (Å²) in [6.45, 7) is 7.03. The largest absolute Gasteiger partial charge is 0.368 e. The van der Waals surface area contributed by atoms with E-state index in [4.69, 9.17) is 9.72 Å². The number of rotatable bonds is 1. The highest BCUT2D eigenvalue weighted by Crippen LogP contribution is 2.70. The molecule has 6 rings (SSSR count). The van der Waals surface area contributed by atoms with Crippen LogP contribution in [0, 0.1) is 30.6 Å². The summed E-state index contributed by atoms with van der Waals surface area (Å²) < 4.78 is 7.09. The molecule has 2 nitrogen and oxygen atoms in total. The molecular weight excluding hydrogens is 282 g/mol. The molecule has 0 aromatic carbocycles. The quantitative estimate of drug-likeness (QED) is 0.738. The molecular formula is C21H29NO. The SMILES string of the molecule is Cc1cccc(C2C[C@@H]3C4CCCCC45CC(C)C3C2(C)O5)n1. The van der Waals surface area contributed by atoms with Crippen molar-refractivity contribution in [2.24, 2.45) is 23.7 Å². The van der Waals surface area contributed by atoms with Crippen molar-refractivity contribution in [2.45, 2.75) is 76.4 Å². The second-order valence-corrected chi connectivity index (χ2v) is 9.07. The highest BCUT2D eigenvalue weighted by molar-refractivity contribution is 5.27. The molecule has 0 radical (unpaired) electrons. The predicted octanol–water partition coefficient (Wildman–Crippen LogP) is 4.87. The average Bonchev–Trinajstić information content (AvgIpc) is 2.76. The molecule has 2 saturated heterocycles. The molecule has 0 amide bonds. The zero-order valence-corrected chi connectivity index (χ0v) is 14.7. The predicted molar refractivity (Wildman–Crippen MR) is 91.3 cm³/mol. The van der Waals surface area contributed by atoms with Crippen LogP contribution >= 0.6 is 0 Å². The lowest BCUT2D eigenvalue weighted by molar-refractivity contribution is -0.300. The van der Waals surface area contributed by atoms with Crippen molar-refractivity contribution in [3.63, 3.8) is 0 Å². The lowest BCUT2D eigenvalue weighted by Crippen LogP contribution is -2.66. The third-order valence-electron chi connectivity index (χ3n) is 7.85. The summed E-state index contributed by atoms with van der Waals surface area (Å²) in [5.41, 5.74) is 2.63. The van der Waals surface area contributed by atoms with E-state index in [2.05, 4.69) is 39.0 Å². The zero-order valence-electron chi connectivity index (χ0n) is 14.7. The number of hydrogen-bond acceptors (Lipinski definition) is 2. The molecule has 2 heteroatoms. The lowest BCUT2D eigenvalue weighted by Gasteiger charge is -2.64. The summed E-state index contributed by atoms with van der Waals surface area (Å²) in [4.78, 5) is 4.90. The highest BCUT2D eigenvalue weighted by atomic mass is 16.5. The van der Waals surface area contributed by atoms with Gasteiger partial charge in [0.1, 0.15) is 0 Å². The first-order chi connectivity index (χ1) is 11.0. The molecule has 1 aromatic rings. The first-order valence-electron chi connectivity index (χ1n) is 9.67. The number of nitrogens with zero attached hydrogens (tertiary/aromatic N) is 1. The maximum Gasteiger partial charge on any atom is 0.0778 e. The standard InChI is InChI=1S/C21H29NO/c1-13-12-21-10-5-4-8-16(21)15-11-17(20(3,23-21)19(13)15)18-9-6-7-14(2)22-18/h6-7,9,13,15-17,19H,4-5,8,10-12H2,1-3H3/t13?,15-,16?,17?,19?,20?,21?/m1/s1. The Kier molecular flexibility index (Phi) is 2.89. The molecule has 5 aliphatic rings. The van der Waals surface area contributed by atoms with E-state index in [1.165, 1.54) is 44.2 Å². The molecule has 0 N–H and O–H groups in total. The Balaban J connectivity index is 1.61. The summed E-state index contributed by atoms with van der Waals surface area (Å²) in [6, 6.07) is 6.53. The van der Waals surface area contributed by atoms with Gasteiger partial charge in [0.15, 0.2) is 0 Å². The fraction of sp³-hybridized carbons (Fsp3) is 0.762. The second-order valence-electron chi connectivity index (χ2n) is 9.07. The van der Waals surface area contributed by atoms with E-state index < -0.39 is 0 Å². The van der Waals surface area contributed by atoms with Crippen molar-refractivity contribution in [3.05, 3.63) is 29.6 Å². The molecule has 5 fully saturated rings. The van der Waals surface area contributed by atoms with Crippen LogP contribution in [-0.2, 0) is 4.74 Å². The van der Waals surface area contributed by atoms with Gasteiger partial charge in [-0.25, -0.2) is 0 Å². The van der Waals surface area contributed by atoms with Gasteiger partial charge in [-0.2, -0.15) is 0 Å². The van der Waals surface area contributed by atoms with Crippen LogP contribution in [0.5, 0.6) is 0 Å². The second kappa shape index (κ2) is 4.59. The van der Waals surface area contributed by atoms with Gasteiger partial charge in [0, 0.05) is 17.3 Å². The summed E-state index contributed by atoms with van der Waals surface area (Å²) in [6.07, 6.45) is 8.09. The van der Waals surface area contributed by atoms with E-state index in [9.17, 15) is 0 Å². The van der Waals surface area contributed by atoms with Crippen molar-refractivity contribution in [1.82, 2.24) is 4.98 Å². The van der Waals surface area contributed by atoms with Crippen molar-refractivity contribution < 1.29 is 4.74 Å². The Bertz CT molecular complexity index is 642. The van der Waals surface area contributed by atoms with E-state index in [-0.39, 0.29) is 11.2 Å². The summed E-state index contributed by atoms with van der Waals surface area (Å²) >= 11 is 0. The van der Waals surface area contributed by atoms with Crippen LogP contribution in [0.4, 0.5) is 0 Å². The van der Waals surface area contributed by atoms with E-state index in [1.807, 2.05) is 0 Å². The van der Waals surface area contributed by atoms with Crippen molar-refractivity contribution >= 4 is 0 Å². The van der Waals surface area contributed by atoms with Gasteiger partial charge in [0.05, 0.1) is 11.2 Å². The normalized spacial score (nSPS) is 50.8. The highest BCUT2D eigenvalue weighted by Gasteiger charge is 2.70. The summed E-state index contributed by atoms with van der Waals surface area (Å²) in [5, 5.41) is 0. The average molecular weight is 311 g/mol. The Morgan fingerprint density at radius 3 is 2.96 bits per heavy atom. The van der Waals surface area contributed by atoms with Crippen molar-refractivity contribution in [2.75, 3.05) is 0 Å². The molecule has 4 bridgehead atoms. The van der Waals surface area contributed by atoms with Crippen LogP contribution in [0.15, 0.2) is 18.2 Å². The number of ether oxygens (including phenoxy) is 1. The van der Waals surface area contributed by atoms with Gasteiger partial charge in [-0.05, 0) is 75.3 Å². The van der Waals surface area contributed by atoms with Gasteiger partial charge >= 0.3 is 0 Å². The van der Waals surface area contributed by atoms with Gasteiger partial charge in [0.25, 0.3) is 0 Å². The van der Waals surface area contributed by atoms with Crippen LogP contribution in [0.2, 0.25) is 0 Å². The number of aromatic nitrogens is 1. The third kappa shape index (κ3) is 1.76. The summed E-state index contributed by atoms with van der Waals surface area (Å²) in [5.74, 6) is 3.72. The molecule has 2 aliphatic heterocycles. The monoisotopic (exact) mass is 311 g/mol. The third-order valence-corrected chi connectivity index (χ3v) is 7.85. The maximum absolute atomic E-state index is 7.09. The molecule has 7 atom stereocenters. The van der Waals surface area contributed by atoms with Gasteiger partial charge in [-0.1, -0.05) is 25.8 Å². The van der Waals surface area contributed by atoms with Crippen LogP contribution in [0.25, 0.3) is 0 Å². The molecule has 124 valence electrons. The van der Waals surface area contributed by atoms with Crippen LogP contribution in [0.1, 0.15) is 69.7 Å². The number of aryl methyl sites for hydroxylation is 1. The minimum atomic E-state index is 0.0109. The van der Waals surface area contributed by atoms with Crippen LogP contribution in [-0.4, -0.2) is 16.2 Å². The molecule has 1 spiro atoms. The van der Waals surface area contributed by atoms with Crippen LogP contribution in [0.3, 0.4) is 0 Å². The summed E-state index contributed by atoms with van der Waals surface area (Å²) in [7, 11) is 0. The number of pyridine rings is 1. The van der Waals surface area contributed by atoms with E-state index >= 15 is 0 Å². The number of hydrogen-bond donors (Lipinski definition) is 0. The van der Waals surface area contributed by atoms with Crippen LogP contribution < -0.4 is 0 Å². The smallest absolute Gasteiger partial charge is 0.0778 e. The van der Waals surface area contributed by atoms with E-state index in [0.29, 0.717) is 5.92 Å². The van der Waals surface area contributed by atoms with Gasteiger partial charge in [-0.3, -0.25) is 4.98 Å². The molecule has 3 saturated carbocycles. The molecule has 3 heterocycles.